The standard InChI is InChI=1S/C15H23NO3/c1-18-14-6-4-12(15(8-14)19-2)9-16-13-5-3-11(7-13)10-17/h4,6,8,11,13,16-17H,3,5,7,9-10H2,1-2H3. The predicted molar refractivity (Wildman–Crippen MR) is 74.6 cm³/mol. The van der Waals surface area contributed by atoms with Gasteiger partial charge >= 0.3 is 0 Å². The lowest BCUT2D eigenvalue weighted by atomic mass is 10.1. The smallest absolute Gasteiger partial charge is 0.127 e. The molecule has 4 heteroatoms. The lowest BCUT2D eigenvalue weighted by Crippen LogP contribution is -2.26. The quantitative estimate of drug-likeness (QED) is 0.825. The molecular weight excluding hydrogens is 242 g/mol. The van der Waals surface area contributed by atoms with Crippen LogP contribution >= 0.6 is 0 Å². The second kappa shape index (κ2) is 6.78. The summed E-state index contributed by atoms with van der Waals surface area (Å²) in [5.74, 6) is 2.13. The maximum atomic E-state index is 9.15. The van der Waals surface area contributed by atoms with Gasteiger partial charge in [-0.25, -0.2) is 0 Å². The molecule has 2 atom stereocenters. The van der Waals surface area contributed by atoms with E-state index in [2.05, 4.69) is 5.32 Å². The first-order chi connectivity index (χ1) is 9.26. The fraction of sp³-hybridized carbons (Fsp3) is 0.600. The van der Waals surface area contributed by atoms with Gasteiger partial charge in [0.1, 0.15) is 11.5 Å². The van der Waals surface area contributed by atoms with E-state index in [1.807, 2.05) is 18.2 Å². The Labute approximate surface area is 114 Å². The van der Waals surface area contributed by atoms with Gasteiger partial charge in [0.15, 0.2) is 0 Å². The van der Waals surface area contributed by atoms with Crippen molar-refractivity contribution in [3.8, 4) is 11.5 Å². The number of aliphatic hydroxyl groups is 1. The first kappa shape index (κ1) is 14.2. The Bertz CT molecular complexity index is 408. The molecule has 2 unspecified atom stereocenters. The van der Waals surface area contributed by atoms with E-state index in [0.717, 1.165) is 42.9 Å². The average Bonchev–Trinajstić information content (AvgIpc) is 2.92. The molecule has 0 spiro atoms. The highest BCUT2D eigenvalue weighted by Gasteiger charge is 2.23. The van der Waals surface area contributed by atoms with Gasteiger partial charge in [-0.1, -0.05) is 6.07 Å². The van der Waals surface area contributed by atoms with Crippen molar-refractivity contribution in [3.05, 3.63) is 23.8 Å². The Balaban J connectivity index is 1.92. The number of rotatable bonds is 6. The molecule has 1 aromatic carbocycles. The third kappa shape index (κ3) is 3.61. The number of hydrogen-bond acceptors (Lipinski definition) is 4. The predicted octanol–water partition coefficient (Wildman–Crippen LogP) is 1.95. The molecule has 1 aliphatic rings. The molecule has 2 N–H and O–H groups in total. The largest absolute Gasteiger partial charge is 0.497 e. The fourth-order valence-corrected chi connectivity index (χ4v) is 2.68. The van der Waals surface area contributed by atoms with Crippen molar-refractivity contribution >= 4 is 0 Å². The van der Waals surface area contributed by atoms with Crippen molar-refractivity contribution in [1.29, 1.82) is 0 Å². The van der Waals surface area contributed by atoms with Crippen LogP contribution in [-0.4, -0.2) is 32.0 Å². The molecule has 1 aliphatic carbocycles. The van der Waals surface area contributed by atoms with Crippen molar-refractivity contribution in [2.45, 2.75) is 31.8 Å². The Morgan fingerprint density at radius 3 is 2.74 bits per heavy atom. The van der Waals surface area contributed by atoms with Crippen LogP contribution in [0.1, 0.15) is 24.8 Å². The van der Waals surface area contributed by atoms with Crippen LogP contribution in [0.3, 0.4) is 0 Å². The Kier molecular flexibility index (Phi) is 5.05. The number of hydrogen-bond donors (Lipinski definition) is 2. The fourth-order valence-electron chi connectivity index (χ4n) is 2.68. The second-order valence-electron chi connectivity index (χ2n) is 5.12. The van der Waals surface area contributed by atoms with Gasteiger partial charge in [0.2, 0.25) is 0 Å². The van der Waals surface area contributed by atoms with Gasteiger partial charge in [-0.2, -0.15) is 0 Å². The van der Waals surface area contributed by atoms with E-state index >= 15 is 0 Å². The second-order valence-corrected chi connectivity index (χ2v) is 5.12. The molecule has 19 heavy (non-hydrogen) atoms. The van der Waals surface area contributed by atoms with Crippen LogP contribution in [0.5, 0.6) is 11.5 Å². The summed E-state index contributed by atoms with van der Waals surface area (Å²) < 4.78 is 10.6. The zero-order valence-corrected chi connectivity index (χ0v) is 11.7. The van der Waals surface area contributed by atoms with Gasteiger partial charge in [-0.05, 0) is 31.2 Å². The van der Waals surface area contributed by atoms with E-state index in [1.165, 1.54) is 0 Å². The van der Waals surface area contributed by atoms with E-state index in [0.29, 0.717) is 18.6 Å². The van der Waals surface area contributed by atoms with E-state index in [-0.39, 0.29) is 0 Å². The highest BCUT2D eigenvalue weighted by atomic mass is 16.5. The Morgan fingerprint density at radius 2 is 2.11 bits per heavy atom. The van der Waals surface area contributed by atoms with Gasteiger partial charge in [-0.15, -0.1) is 0 Å². The molecule has 0 aromatic heterocycles. The van der Waals surface area contributed by atoms with Crippen LogP contribution in [0.15, 0.2) is 18.2 Å². The molecular formula is C15H23NO3. The maximum Gasteiger partial charge on any atom is 0.127 e. The van der Waals surface area contributed by atoms with Crippen molar-refractivity contribution in [1.82, 2.24) is 5.32 Å². The van der Waals surface area contributed by atoms with Gasteiger partial charge < -0.3 is 19.9 Å². The first-order valence-electron chi connectivity index (χ1n) is 6.82. The van der Waals surface area contributed by atoms with Crippen molar-refractivity contribution in [3.63, 3.8) is 0 Å². The van der Waals surface area contributed by atoms with Gasteiger partial charge in [-0.3, -0.25) is 0 Å². The molecule has 0 radical (unpaired) electrons. The molecule has 0 amide bonds. The van der Waals surface area contributed by atoms with E-state index in [9.17, 15) is 0 Å². The van der Waals surface area contributed by atoms with Crippen LogP contribution in [0.2, 0.25) is 0 Å². The zero-order chi connectivity index (χ0) is 13.7. The van der Waals surface area contributed by atoms with E-state index in [4.69, 9.17) is 14.6 Å². The summed E-state index contributed by atoms with van der Waals surface area (Å²) in [6, 6.07) is 6.39. The Hall–Kier alpha value is -1.26. The lowest BCUT2D eigenvalue weighted by Gasteiger charge is -2.15. The van der Waals surface area contributed by atoms with Crippen LogP contribution in [0.4, 0.5) is 0 Å². The number of nitrogens with one attached hydrogen (secondary N) is 1. The van der Waals surface area contributed by atoms with Crippen molar-refractivity contribution < 1.29 is 14.6 Å². The molecule has 2 rings (SSSR count). The number of methoxy groups -OCH3 is 2. The molecule has 106 valence electrons. The molecule has 4 nitrogen and oxygen atoms in total. The topological polar surface area (TPSA) is 50.7 Å². The minimum absolute atomic E-state index is 0.310. The van der Waals surface area contributed by atoms with Crippen LogP contribution < -0.4 is 14.8 Å². The minimum Gasteiger partial charge on any atom is -0.497 e. The summed E-state index contributed by atoms with van der Waals surface area (Å²) >= 11 is 0. The number of ether oxygens (including phenoxy) is 2. The maximum absolute atomic E-state index is 9.15. The lowest BCUT2D eigenvalue weighted by molar-refractivity contribution is 0.227. The molecule has 0 aliphatic heterocycles. The SMILES string of the molecule is COc1ccc(CNC2CCC(CO)C2)c(OC)c1. The van der Waals surface area contributed by atoms with E-state index in [1.54, 1.807) is 14.2 Å². The molecule has 1 saturated carbocycles. The molecule has 0 bridgehead atoms. The van der Waals surface area contributed by atoms with Crippen molar-refractivity contribution in [2.24, 2.45) is 5.92 Å². The zero-order valence-electron chi connectivity index (χ0n) is 11.7. The summed E-state index contributed by atoms with van der Waals surface area (Å²) in [4.78, 5) is 0. The average molecular weight is 265 g/mol. The third-order valence-electron chi connectivity index (χ3n) is 3.87. The molecule has 0 saturated heterocycles. The Morgan fingerprint density at radius 1 is 1.26 bits per heavy atom. The van der Waals surface area contributed by atoms with Crippen LogP contribution in [0.25, 0.3) is 0 Å². The minimum atomic E-state index is 0.310. The normalized spacial score (nSPS) is 22.5. The molecule has 0 heterocycles. The summed E-state index contributed by atoms with van der Waals surface area (Å²) in [6.07, 6.45) is 3.33. The summed E-state index contributed by atoms with van der Waals surface area (Å²) in [7, 11) is 3.33. The first-order valence-corrected chi connectivity index (χ1v) is 6.82. The van der Waals surface area contributed by atoms with Gasteiger partial charge in [0.05, 0.1) is 14.2 Å². The van der Waals surface area contributed by atoms with Gasteiger partial charge in [0, 0.05) is 30.8 Å². The van der Waals surface area contributed by atoms with Gasteiger partial charge in [0.25, 0.3) is 0 Å². The summed E-state index contributed by atoms with van der Waals surface area (Å²) in [5.41, 5.74) is 1.13. The highest BCUT2D eigenvalue weighted by Crippen LogP contribution is 2.27. The molecule has 1 fully saturated rings. The summed E-state index contributed by atoms with van der Waals surface area (Å²) in [6.45, 7) is 1.10. The number of aliphatic hydroxyl groups excluding tert-OH is 1. The summed E-state index contributed by atoms with van der Waals surface area (Å²) in [5, 5.41) is 12.7. The third-order valence-corrected chi connectivity index (χ3v) is 3.87. The van der Waals surface area contributed by atoms with E-state index < -0.39 is 0 Å². The monoisotopic (exact) mass is 265 g/mol. The molecule has 1 aromatic rings. The van der Waals surface area contributed by atoms with Crippen molar-refractivity contribution in [2.75, 3.05) is 20.8 Å². The van der Waals surface area contributed by atoms with Crippen LogP contribution in [-0.2, 0) is 6.54 Å². The number of benzene rings is 1. The highest BCUT2D eigenvalue weighted by molar-refractivity contribution is 5.40. The van der Waals surface area contributed by atoms with Crippen LogP contribution in [0, 0.1) is 5.92 Å².